The molecule has 8 nitrogen and oxygen atoms in total. The molecule has 3 aromatic rings. The molecule has 1 aliphatic carbocycles. The van der Waals surface area contributed by atoms with Gasteiger partial charge in [0.1, 0.15) is 0 Å². The number of primary amides is 1. The lowest BCUT2D eigenvalue weighted by molar-refractivity contribution is -0.131. The van der Waals surface area contributed by atoms with E-state index in [1.54, 1.807) is 22.8 Å². The molecule has 164 valence electrons. The van der Waals surface area contributed by atoms with Crippen LogP contribution < -0.4 is 11.4 Å². The highest BCUT2D eigenvalue weighted by Crippen LogP contribution is 2.33. The summed E-state index contributed by atoms with van der Waals surface area (Å²) in [5.74, 6) is 0.849. The summed E-state index contributed by atoms with van der Waals surface area (Å²) < 4.78 is 1.67. The maximum absolute atomic E-state index is 12.4. The molecule has 1 aromatic heterocycles. The van der Waals surface area contributed by atoms with Crippen molar-refractivity contribution >= 4 is 11.8 Å². The van der Waals surface area contributed by atoms with Gasteiger partial charge in [0.25, 0.3) is 0 Å². The van der Waals surface area contributed by atoms with Gasteiger partial charge in [0.05, 0.1) is 0 Å². The van der Waals surface area contributed by atoms with E-state index in [0.29, 0.717) is 24.5 Å². The van der Waals surface area contributed by atoms with Crippen LogP contribution >= 0.6 is 0 Å². The average Bonchev–Trinajstić information content (AvgIpc) is 3.46. The predicted molar refractivity (Wildman–Crippen MR) is 120 cm³/mol. The van der Waals surface area contributed by atoms with Crippen molar-refractivity contribution in [1.82, 2.24) is 19.7 Å². The topological polar surface area (TPSA) is 114 Å². The van der Waals surface area contributed by atoms with Crippen LogP contribution in [0.4, 0.5) is 0 Å². The maximum atomic E-state index is 12.4. The molecule has 3 N–H and O–H groups in total. The molecule has 2 aromatic carbocycles. The van der Waals surface area contributed by atoms with Gasteiger partial charge in [-0.25, -0.2) is 9.89 Å². The normalized spacial score (nSPS) is 18.1. The van der Waals surface area contributed by atoms with Gasteiger partial charge < -0.3 is 10.6 Å². The lowest BCUT2D eigenvalue weighted by atomic mass is 10.0. The first-order valence-electron chi connectivity index (χ1n) is 10.9. The van der Waals surface area contributed by atoms with Gasteiger partial charge in [-0.05, 0) is 48.4 Å². The van der Waals surface area contributed by atoms with E-state index in [2.05, 4.69) is 10.2 Å². The summed E-state index contributed by atoms with van der Waals surface area (Å²) in [5, 5.41) is 6.81. The van der Waals surface area contributed by atoms with Crippen LogP contribution in [0.25, 0.3) is 22.5 Å². The Morgan fingerprint density at radius 1 is 1.03 bits per heavy atom. The minimum atomic E-state index is -0.465. The summed E-state index contributed by atoms with van der Waals surface area (Å²) in [7, 11) is 0. The number of aromatic nitrogens is 3. The Kier molecular flexibility index (Phi) is 5.13. The number of hydrogen-bond acceptors (Lipinski definition) is 4. The van der Waals surface area contributed by atoms with Crippen LogP contribution in [-0.2, 0) is 11.3 Å². The molecule has 2 amide bonds. The Hall–Kier alpha value is -3.68. The molecule has 1 saturated carbocycles. The number of hydrogen-bond donors (Lipinski definition) is 2. The third-order valence-corrected chi connectivity index (χ3v) is 6.35. The van der Waals surface area contributed by atoms with E-state index in [4.69, 9.17) is 5.73 Å². The number of aromatic amines is 1. The van der Waals surface area contributed by atoms with Crippen molar-refractivity contribution in [3.8, 4) is 22.5 Å². The number of rotatable bonds is 6. The van der Waals surface area contributed by atoms with E-state index >= 15 is 0 Å². The summed E-state index contributed by atoms with van der Waals surface area (Å²) >= 11 is 0. The van der Waals surface area contributed by atoms with Gasteiger partial charge >= 0.3 is 5.69 Å². The zero-order valence-electron chi connectivity index (χ0n) is 17.7. The molecule has 2 aliphatic rings. The first kappa shape index (κ1) is 20.2. The molecule has 1 atom stereocenters. The molecule has 2 heterocycles. The number of nitrogens with two attached hydrogens (primary N) is 1. The molecule has 0 bridgehead atoms. The van der Waals surface area contributed by atoms with Crippen molar-refractivity contribution in [2.75, 3.05) is 13.1 Å². The molecule has 1 saturated heterocycles. The van der Waals surface area contributed by atoms with Crippen molar-refractivity contribution in [2.24, 2.45) is 17.6 Å². The van der Waals surface area contributed by atoms with Crippen molar-refractivity contribution < 1.29 is 9.59 Å². The molecular formula is C24H25N5O3. The Balaban J connectivity index is 1.34. The molecular weight excluding hydrogens is 406 g/mol. The van der Waals surface area contributed by atoms with Crippen molar-refractivity contribution in [1.29, 1.82) is 0 Å². The summed E-state index contributed by atoms with van der Waals surface area (Å²) in [6.45, 7) is 1.99. The van der Waals surface area contributed by atoms with E-state index < -0.39 is 5.91 Å². The van der Waals surface area contributed by atoms with Crippen LogP contribution in [-0.4, -0.2) is 44.6 Å². The van der Waals surface area contributed by atoms with Crippen molar-refractivity contribution in [3.63, 3.8) is 0 Å². The van der Waals surface area contributed by atoms with Gasteiger partial charge in [-0.3, -0.25) is 14.2 Å². The lowest BCUT2D eigenvalue weighted by Crippen LogP contribution is -2.31. The minimum absolute atomic E-state index is 0.225. The first-order chi connectivity index (χ1) is 15.5. The number of H-pyrrole nitrogens is 1. The fourth-order valence-electron chi connectivity index (χ4n) is 4.40. The third-order valence-electron chi connectivity index (χ3n) is 6.35. The van der Waals surface area contributed by atoms with Gasteiger partial charge in [0.2, 0.25) is 11.8 Å². The van der Waals surface area contributed by atoms with Gasteiger partial charge in [0, 0.05) is 36.7 Å². The molecule has 2 fully saturated rings. The first-order valence-corrected chi connectivity index (χ1v) is 10.9. The fraction of sp³-hybridized carbons (Fsp3) is 0.333. The highest BCUT2D eigenvalue weighted by Gasteiger charge is 2.36. The number of carbonyl (C=O) groups excluding carboxylic acids is 2. The molecule has 5 rings (SSSR count). The van der Waals surface area contributed by atoms with Gasteiger partial charge in [-0.1, -0.05) is 36.4 Å². The van der Waals surface area contributed by atoms with Crippen LogP contribution in [0, 0.1) is 11.8 Å². The third kappa shape index (κ3) is 3.95. The number of benzene rings is 2. The standard InChI is InChI=1S/C24H25N5O3/c25-21(30)20-3-1-2-19(12-20)16-4-6-17(7-5-16)22-26-27-24(32)29(22)14-15-10-11-28(13-15)23(31)18-8-9-18/h1-7,12,15,18H,8-11,13-14H2,(H2,25,30)(H,27,32). The van der Waals surface area contributed by atoms with Crippen LogP contribution in [0.15, 0.2) is 53.3 Å². The van der Waals surface area contributed by atoms with Gasteiger partial charge in [0.15, 0.2) is 5.82 Å². The smallest absolute Gasteiger partial charge is 0.343 e. The zero-order chi connectivity index (χ0) is 22.2. The van der Waals surface area contributed by atoms with Crippen LogP contribution in [0.3, 0.4) is 0 Å². The monoisotopic (exact) mass is 431 g/mol. The highest BCUT2D eigenvalue weighted by molar-refractivity contribution is 5.94. The lowest BCUT2D eigenvalue weighted by Gasteiger charge is -2.16. The van der Waals surface area contributed by atoms with Crippen molar-refractivity contribution in [2.45, 2.75) is 25.8 Å². The maximum Gasteiger partial charge on any atom is 0.343 e. The van der Waals surface area contributed by atoms with E-state index in [1.807, 2.05) is 35.2 Å². The Bertz CT molecular complexity index is 1220. The van der Waals surface area contributed by atoms with E-state index in [0.717, 1.165) is 42.5 Å². The van der Waals surface area contributed by atoms with Crippen LogP contribution in [0.1, 0.15) is 29.6 Å². The highest BCUT2D eigenvalue weighted by atomic mass is 16.2. The number of nitrogens with zero attached hydrogens (tertiary/aromatic N) is 3. The van der Waals surface area contributed by atoms with E-state index in [-0.39, 0.29) is 23.4 Å². The molecule has 1 unspecified atom stereocenters. The molecule has 1 aliphatic heterocycles. The second-order valence-corrected chi connectivity index (χ2v) is 8.70. The molecule has 0 spiro atoms. The van der Waals surface area contributed by atoms with Crippen molar-refractivity contribution in [3.05, 3.63) is 64.6 Å². The second-order valence-electron chi connectivity index (χ2n) is 8.70. The summed E-state index contributed by atoms with van der Waals surface area (Å²) in [6, 6.07) is 14.9. The molecule has 8 heteroatoms. The van der Waals surface area contributed by atoms with Crippen LogP contribution in [0.2, 0.25) is 0 Å². The molecule has 32 heavy (non-hydrogen) atoms. The SMILES string of the molecule is NC(=O)c1cccc(-c2ccc(-c3n[nH]c(=O)n3CC3CCN(C(=O)C4CC4)C3)cc2)c1. The largest absolute Gasteiger partial charge is 0.366 e. The predicted octanol–water partition coefficient (Wildman–Crippen LogP) is 2.26. The Morgan fingerprint density at radius 3 is 2.50 bits per heavy atom. The summed E-state index contributed by atoms with van der Waals surface area (Å²) in [5.41, 5.74) is 8.24. The number of carbonyl (C=O) groups is 2. The van der Waals surface area contributed by atoms with Crippen LogP contribution in [0.5, 0.6) is 0 Å². The fourth-order valence-corrected chi connectivity index (χ4v) is 4.40. The summed E-state index contributed by atoms with van der Waals surface area (Å²) in [4.78, 5) is 38.2. The van der Waals surface area contributed by atoms with E-state index in [9.17, 15) is 14.4 Å². The number of amides is 2. The minimum Gasteiger partial charge on any atom is -0.366 e. The molecule has 0 radical (unpaired) electrons. The summed E-state index contributed by atoms with van der Waals surface area (Å²) in [6.07, 6.45) is 2.91. The van der Waals surface area contributed by atoms with E-state index in [1.165, 1.54) is 0 Å². The second kappa shape index (κ2) is 8.11. The number of nitrogens with one attached hydrogen (secondary N) is 1. The average molecular weight is 431 g/mol. The van der Waals surface area contributed by atoms with Gasteiger partial charge in [-0.2, -0.15) is 5.10 Å². The Labute approximate surface area is 185 Å². The Morgan fingerprint density at radius 2 is 1.78 bits per heavy atom. The van der Waals surface area contributed by atoms with Gasteiger partial charge in [-0.15, -0.1) is 0 Å². The number of likely N-dealkylation sites (tertiary alicyclic amines) is 1. The zero-order valence-corrected chi connectivity index (χ0v) is 17.7. The quantitative estimate of drug-likeness (QED) is 0.623.